The predicted octanol–water partition coefficient (Wildman–Crippen LogP) is 2.31. The van der Waals surface area contributed by atoms with Gasteiger partial charge in [-0.1, -0.05) is 19.9 Å². The van der Waals surface area contributed by atoms with Crippen LogP contribution in [0.3, 0.4) is 0 Å². The Bertz CT molecular complexity index is 692. The second kappa shape index (κ2) is 7.97. The van der Waals surface area contributed by atoms with E-state index >= 15 is 0 Å². The fraction of sp³-hybridized carbons (Fsp3) is 0.471. The SMILES string of the molecule is CC(C)C(NC(=O)c1cccs1)C(=O)N1CCN(c2nccs2)CC1. The molecule has 0 saturated carbocycles. The fourth-order valence-corrected chi connectivity index (χ4v) is 4.14. The Kier molecular flexibility index (Phi) is 5.70. The molecule has 0 aliphatic carbocycles. The molecule has 0 spiro atoms. The zero-order chi connectivity index (χ0) is 17.8. The third-order valence-corrected chi connectivity index (χ3v) is 5.95. The summed E-state index contributed by atoms with van der Waals surface area (Å²) in [6, 6.07) is 3.11. The molecule has 3 heterocycles. The van der Waals surface area contributed by atoms with Crippen LogP contribution in [0.2, 0.25) is 0 Å². The van der Waals surface area contributed by atoms with Crippen LogP contribution in [0.25, 0.3) is 0 Å². The molecule has 6 nitrogen and oxygen atoms in total. The van der Waals surface area contributed by atoms with Crippen molar-refractivity contribution in [1.82, 2.24) is 15.2 Å². The third-order valence-electron chi connectivity index (χ3n) is 4.25. The molecule has 1 N–H and O–H groups in total. The minimum absolute atomic E-state index is 0.00121. The molecule has 134 valence electrons. The van der Waals surface area contributed by atoms with Gasteiger partial charge >= 0.3 is 0 Å². The van der Waals surface area contributed by atoms with E-state index in [1.165, 1.54) is 11.3 Å². The molecule has 1 aliphatic heterocycles. The van der Waals surface area contributed by atoms with Crippen molar-refractivity contribution in [3.8, 4) is 0 Å². The number of thiazole rings is 1. The van der Waals surface area contributed by atoms with Crippen molar-refractivity contribution in [2.75, 3.05) is 31.1 Å². The summed E-state index contributed by atoms with van der Waals surface area (Å²) in [7, 11) is 0. The van der Waals surface area contributed by atoms with Gasteiger partial charge < -0.3 is 15.1 Å². The normalized spacial score (nSPS) is 16.1. The first-order chi connectivity index (χ1) is 12.1. The maximum Gasteiger partial charge on any atom is 0.262 e. The molecule has 8 heteroatoms. The predicted molar refractivity (Wildman–Crippen MR) is 101 cm³/mol. The van der Waals surface area contributed by atoms with Crippen LogP contribution in [0.1, 0.15) is 23.5 Å². The first-order valence-electron chi connectivity index (χ1n) is 8.34. The number of thiophene rings is 1. The van der Waals surface area contributed by atoms with E-state index in [9.17, 15) is 9.59 Å². The van der Waals surface area contributed by atoms with E-state index in [1.54, 1.807) is 23.6 Å². The van der Waals surface area contributed by atoms with Crippen LogP contribution in [0.4, 0.5) is 5.13 Å². The monoisotopic (exact) mass is 378 g/mol. The van der Waals surface area contributed by atoms with E-state index < -0.39 is 6.04 Å². The largest absolute Gasteiger partial charge is 0.345 e. The van der Waals surface area contributed by atoms with E-state index in [4.69, 9.17) is 0 Å². The van der Waals surface area contributed by atoms with Crippen LogP contribution in [0.15, 0.2) is 29.1 Å². The molecule has 2 aromatic heterocycles. The second-order valence-corrected chi connectivity index (χ2v) is 8.12. The minimum Gasteiger partial charge on any atom is -0.345 e. The Morgan fingerprint density at radius 1 is 1.16 bits per heavy atom. The molecular weight excluding hydrogens is 356 g/mol. The van der Waals surface area contributed by atoms with Crippen molar-refractivity contribution < 1.29 is 9.59 Å². The first-order valence-corrected chi connectivity index (χ1v) is 10.1. The lowest BCUT2D eigenvalue weighted by molar-refractivity contribution is -0.134. The standard InChI is InChI=1S/C17H22N4O2S2/c1-12(2)14(19-15(22)13-4-3-10-24-13)16(23)20-6-8-21(9-7-20)17-18-5-11-25-17/h3-5,10-12,14H,6-9H2,1-2H3,(H,19,22). The molecule has 25 heavy (non-hydrogen) atoms. The molecule has 2 aromatic rings. The zero-order valence-electron chi connectivity index (χ0n) is 14.3. The lowest BCUT2D eigenvalue weighted by atomic mass is 10.0. The van der Waals surface area contributed by atoms with Gasteiger partial charge in [-0.2, -0.15) is 0 Å². The van der Waals surface area contributed by atoms with Crippen LogP contribution in [-0.2, 0) is 4.79 Å². The number of nitrogens with zero attached hydrogens (tertiary/aromatic N) is 3. The van der Waals surface area contributed by atoms with E-state index in [-0.39, 0.29) is 17.7 Å². The lowest BCUT2D eigenvalue weighted by Gasteiger charge is -2.37. The number of carbonyl (C=O) groups excluding carboxylic acids is 2. The Morgan fingerprint density at radius 3 is 2.48 bits per heavy atom. The molecule has 2 amide bonds. The van der Waals surface area contributed by atoms with Crippen LogP contribution < -0.4 is 10.2 Å². The second-order valence-electron chi connectivity index (χ2n) is 6.30. The quantitative estimate of drug-likeness (QED) is 0.867. The van der Waals surface area contributed by atoms with Crippen LogP contribution in [-0.4, -0.2) is 53.9 Å². The van der Waals surface area contributed by atoms with E-state index in [1.807, 2.05) is 35.6 Å². The molecule has 1 atom stereocenters. The number of piperazine rings is 1. The van der Waals surface area contributed by atoms with Crippen LogP contribution >= 0.6 is 22.7 Å². The van der Waals surface area contributed by atoms with Crippen LogP contribution in [0.5, 0.6) is 0 Å². The molecule has 0 bridgehead atoms. The van der Waals surface area contributed by atoms with E-state index in [0.717, 1.165) is 18.2 Å². The van der Waals surface area contributed by atoms with Crippen molar-refractivity contribution in [2.45, 2.75) is 19.9 Å². The van der Waals surface area contributed by atoms with Gasteiger partial charge in [0.15, 0.2) is 5.13 Å². The van der Waals surface area contributed by atoms with Crippen LogP contribution in [0, 0.1) is 5.92 Å². The highest BCUT2D eigenvalue weighted by Crippen LogP contribution is 2.20. The molecule has 0 radical (unpaired) electrons. The molecule has 0 aromatic carbocycles. The van der Waals surface area contributed by atoms with Gasteiger partial charge in [-0.25, -0.2) is 4.98 Å². The number of hydrogen-bond donors (Lipinski definition) is 1. The highest BCUT2D eigenvalue weighted by Gasteiger charge is 2.31. The van der Waals surface area contributed by atoms with E-state index in [0.29, 0.717) is 18.0 Å². The van der Waals surface area contributed by atoms with Crippen molar-refractivity contribution in [2.24, 2.45) is 5.92 Å². The van der Waals surface area contributed by atoms with Gasteiger partial charge in [0, 0.05) is 37.8 Å². The number of amides is 2. The van der Waals surface area contributed by atoms with Crippen molar-refractivity contribution in [3.63, 3.8) is 0 Å². The van der Waals surface area contributed by atoms with Gasteiger partial charge in [0.05, 0.1) is 4.88 Å². The first kappa shape index (κ1) is 17.9. The van der Waals surface area contributed by atoms with Gasteiger partial charge in [-0.15, -0.1) is 22.7 Å². The molecule has 1 saturated heterocycles. The minimum atomic E-state index is -0.499. The number of rotatable bonds is 5. The van der Waals surface area contributed by atoms with Gasteiger partial charge in [0.1, 0.15) is 6.04 Å². The number of aromatic nitrogens is 1. The lowest BCUT2D eigenvalue weighted by Crippen LogP contribution is -2.56. The summed E-state index contributed by atoms with van der Waals surface area (Å²) in [4.78, 5) is 34.3. The maximum absolute atomic E-state index is 12.9. The van der Waals surface area contributed by atoms with Gasteiger partial charge in [-0.3, -0.25) is 9.59 Å². The summed E-state index contributed by atoms with van der Waals surface area (Å²) in [6.45, 7) is 6.76. The highest BCUT2D eigenvalue weighted by atomic mass is 32.1. The van der Waals surface area contributed by atoms with Gasteiger partial charge in [0.2, 0.25) is 5.91 Å². The number of hydrogen-bond acceptors (Lipinski definition) is 6. The summed E-state index contributed by atoms with van der Waals surface area (Å²) in [6.07, 6.45) is 1.80. The molecular formula is C17H22N4O2S2. The highest BCUT2D eigenvalue weighted by molar-refractivity contribution is 7.13. The van der Waals surface area contributed by atoms with Crippen molar-refractivity contribution >= 4 is 39.6 Å². The Labute approximate surface area is 155 Å². The van der Waals surface area contributed by atoms with Gasteiger partial charge in [0.25, 0.3) is 5.91 Å². The Hall–Kier alpha value is -1.93. The van der Waals surface area contributed by atoms with E-state index in [2.05, 4.69) is 15.2 Å². The summed E-state index contributed by atoms with van der Waals surface area (Å²) in [5.74, 6) is -0.143. The molecule has 1 fully saturated rings. The molecule has 1 aliphatic rings. The summed E-state index contributed by atoms with van der Waals surface area (Å²) in [5.41, 5.74) is 0. The topological polar surface area (TPSA) is 65.5 Å². The number of nitrogens with one attached hydrogen (secondary N) is 1. The third kappa shape index (κ3) is 4.19. The molecule has 3 rings (SSSR count). The molecule has 1 unspecified atom stereocenters. The summed E-state index contributed by atoms with van der Waals surface area (Å²) < 4.78 is 0. The fourth-order valence-electron chi connectivity index (χ4n) is 2.82. The van der Waals surface area contributed by atoms with Crippen molar-refractivity contribution in [1.29, 1.82) is 0 Å². The number of carbonyl (C=O) groups is 2. The smallest absolute Gasteiger partial charge is 0.262 e. The average Bonchev–Trinajstić information content (AvgIpc) is 3.32. The Balaban J connectivity index is 1.60. The van der Waals surface area contributed by atoms with Crippen molar-refractivity contribution in [3.05, 3.63) is 34.0 Å². The maximum atomic E-state index is 12.9. The van der Waals surface area contributed by atoms with Gasteiger partial charge in [-0.05, 0) is 17.4 Å². The summed E-state index contributed by atoms with van der Waals surface area (Å²) >= 11 is 2.99. The number of anilines is 1. The average molecular weight is 379 g/mol. The summed E-state index contributed by atoms with van der Waals surface area (Å²) in [5, 5.41) is 7.73. The Morgan fingerprint density at radius 2 is 1.92 bits per heavy atom. The zero-order valence-corrected chi connectivity index (χ0v) is 16.0.